The summed E-state index contributed by atoms with van der Waals surface area (Å²) < 4.78 is 5.36. The summed E-state index contributed by atoms with van der Waals surface area (Å²) in [7, 11) is 0. The molecule has 3 nitrogen and oxygen atoms in total. The van der Waals surface area contributed by atoms with Crippen LogP contribution in [0.5, 0.6) is 0 Å². The van der Waals surface area contributed by atoms with Gasteiger partial charge in [0.1, 0.15) is 6.26 Å². The molecule has 1 N–H and O–H groups in total. The molecule has 2 rings (SSSR count). The van der Waals surface area contributed by atoms with Crippen LogP contribution in [0.2, 0.25) is 0 Å². The molecule has 1 aliphatic carbocycles. The van der Waals surface area contributed by atoms with E-state index in [-0.39, 0.29) is 6.61 Å². The van der Waals surface area contributed by atoms with Gasteiger partial charge in [-0.3, -0.25) is 0 Å². The van der Waals surface area contributed by atoms with Crippen molar-refractivity contribution in [2.75, 3.05) is 6.61 Å². The minimum absolute atomic E-state index is 0.209. The number of nitrogens with zero attached hydrogens (tertiary/aromatic N) is 1. The summed E-state index contributed by atoms with van der Waals surface area (Å²) in [6.07, 6.45) is 8.45. The van der Waals surface area contributed by atoms with Crippen molar-refractivity contribution < 1.29 is 9.52 Å². The molecule has 0 radical (unpaired) electrons. The molecule has 78 valence electrons. The van der Waals surface area contributed by atoms with E-state index in [1.807, 2.05) is 0 Å². The van der Waals surface area contributed by atoms with E-state index in [2.05, 4.69) is 4.98 Å². The number of hydrogen-bond acceptors (Lipinski definition) is 3. The van der Waals surface area contributed by atoms with Crippen molar-refractivity contribution >= 4 is 0 Å². The maximum absolute atomic E-state index is 8.68. The summed E-state index contributed by atoms with van der Waals surface area (Å²) in [5, 5.41) is 8.68. The molecule has 0 unspecified atom stereocenters. The maximum Gasteiger partial charge on any atom is 0.194 e. The van der Waals surface area contributed by atoms with Crippen LogP contribution >= 0.6 is 0 Å². The third-order valence-electron chi connectivity index (χ3n) is 2.89. The van der Waals surface area contributed by atoms with Gasteiger partial charge in [0, 0.05) is 18.9 Å². The Balaban J connectivity index is 1.94. The minimum Gasteiger partial charge on any atom is -0.449 e. The number of rotatable bonds is 4. The molecule has 0 bridgehead atoms. The summed E-state index contributed by atoms with van der Waals surface area (Å²) in [5.41, 5.74) is 1.12. The third kappa shape index (κ3) is 2.15. The van der Waals surface area contributed by atoms with Crippen LogP contribution in [0.1, 0.15) is 49.6 Å². The first kappa shape index (κ1) is 9.71. The van der Waals surface area contributed by atoms with Crippen molar-refractivity contribution in [2.24, 2.45) is 0 Å². The number of aryl methyl sites for hydroxylation is 1. The molecule has 0 spiro atoms. The van der Waals surface area contributed by atoms with Crippen LogP contribution in [0.3, 0.4) is 0 Å². The predicted molar refractivity (Wildman–Crippen MR) is 53.1 cm³/mol. The minimum atomic E-state index is 0.209. The van der Waals surface area contributed by atoms with Gasteiger partial charge in [0.25, 0.3) is 0 Å². The van der Waals surface area contributed by atoms with Gasteiger partial charge in [0.05, 0.1) is 5.69 Å². The van der Waals surface area contributed by atoms with Crippen molar-refractivity contribution in [1.29, 1.82) is 0 Å². The Labute approximate surface area is 84.2 Å². The average Bonchev–Trinajstić information content (AvgIpc) is 2.85. The molecule has 1 heterocycles. The fourth-order valence-corrected chi connectivity index (χ4v) is 2.08. The second-order valence-corrected chi connectivity index (χ2v) is 3.97. The Hall–Kier alpha value is -0.830. The fourth-order valence-electron chi connectivity index (χ4n) is 2.08. The second kappa shape index (κ2) is 4.60. The molecule has 0 saturated heterocycles. The Morgan fingerprint density at radius 3 is 2.93 bits per heavy atom. The molecule has 0 amide bonds. The molecule has 1 aromatic heterocycles. The topological polar surface area (TPSA) is 46.3 Å². The van der Waals surface area contributed by atoms with Gasteiger partial charge in [-0.15, -0.1) is 0 Å². The highest BCUT2D eigenvalue weighted by atomic mass is 16.3. The van der Waals surface area contributed by atoms with E-state index in [1.165, 1.54) is 25.7 Å². The average molecular weight is 195 g/mol. The smallest absolute Gasteiger partial charge is 0.194 e. The first-order chi connectivity index (χ1) is 6.90. The van der Waals surface area contributed by atoms with E-state index in [9.17, 15) is 0 Å². The van der Waals surface area contributed by atoms with Gasteiger partial charge in [0.2, 0.25) is 0 Å². The van der Waals surface area contributed by atoms with Gasteiger partial charge in [-0.05, 0) is 19.3 Å². The van der Waals surface area contributed by atoms with E-state index < -0.39 is 0 Å². The van der Waals surface area contributed by atoms with Gasteiger partial charge in [-0.25, -0.2) is 4.98 Å². The van der Waals surface area contributed by atoms with Crippen molar-refractivity contribution in [1.82, 2.24) is 4.98 Å². The Bertz CT molecular complexity index is 277. The summed E-state index contributed by atoms with van der Waals surface area (Å²) in [5.74, 6) is 1.41. The second-order valence-electron chi connectivity index (χ2n) is 3.97. The Kier molecular flexibility index (Phi) is 3.19. The Morgan fingerprint density at radius 1 is 1.43 bits per heavy atom. The normalized spacial score (nSPS) is 17.8. The molecule has 0 atom stereocenters. The monoisotopic (exact) mass is 195 g/mol. The fraction of sp³-hybridized carbons (Fsp3) is 0.727. The standard InChI is InChI=1S/C11H17NO2/c13-7-3-6-11-12-10(8-14-11)9-4-1-2-5-9/h8-9,13H,1-7H2. The van der Waals surface area contributed by atoms with Crippen LogP contribution in [-0.2, 0) is 6.42 Å². The number of aromatic nitrogens is 1. The van der Waals surface area contributed by atoms with Crippen LogP contribution < -0.4 is 0 Å². The summed E-state index contributed by atoms with van der Waals surface area (Å²) >= 11 is 0. The zero-order chi connectivity index (χ0) is 9.80. The van der Waals surface area contributed by atoms with Crippen LogP contribution in [0.15, 0.2) is 10.7 Å². The zero-order valence-corrected chi connectivity index (χ0v) is 8.41. The lowest BCUT2D eigenvalue weighted by molar-refractivity contribution is 0.283. The number of aliphatic hydroxyl groups excluding tert-OH is 1. The predicted octanol–water partition coefficient (Wildman–Crippen LogP) is 2.26. The number of hydrogen-bond donors (Lipinski definition) is 1. The zero-order valence-electron chi connectivity index (χ0n) is 8.41. The molecule has 3 heteroatoms. The highest BCUT2D eigenvalue weighted by Crippen LogP contribution is 2.33. The van der Waals surface area contributed by atoms with Crippen LogP contribution in [0.4, 0.5) is 0 Å². The van der Waals surface area contributed by atoms with Crippen LogP contribution in [0.25, 0.3) is 0 Å². The van der Waals surface area contributed by atoms with Crippen molar-refractivity contribution in [3.8, 4) is 0 Å². The molecule has 1 saturated carbocycles. The molecule has 14 heavy (non-hydrogen) atoms. The lowest BCUT2D eigenvalue weighted by Crippen LogP contribution is -1.94. The molecule has 1 aromatic rings. The van der Waals surface area contributed by atoms with E-state index in [0.717, 1.165) is 24.4 Å². The highest BCUT2D eigenvalue weighted by Gasteiger charge is 2.20. The number of oxazole rings is 1. The molecule has 1 aliphatic rings. The first-order valence-electron chi connectivity index (χ1n) is 5.45. The van der Waals surface area contributed by atoms with E-state index in [0.29, 0.717) is 5.92 Å². The SMILES string of the molecule is OCCCc1nc(C2CCCC2)co1. The molecular formula is C11H17NO2. The number of aliphatic hydroxyl groups is 1. The van der Waals surface area contributed by atoms with Crippen molar-refractivity contribution in [3.63, 3.8) is 0 Å². The van der Waals surface area contributed by atoms with Crippen molar-refractivity contribution in [3.05, 3.63) is 17.8 Å². The lowest BCUT2D eigenvalue weighted by atomic mass is 10.1. The largest absolute Gasteiger partial charge is 0.449 e. The lowest BCUT2D eigenvalue weighted by Gasteiger charge is -2.01. The third-order valence-corrected chi connectivity index (χ3v) is 2.89. The molecule has 1 fully saturated rings. The van der Waals surface area contributed by atoms with Gasteiger partial charge in [-0.1, -0.05) is 12.8 Å². The molecular weight excluding hydrogens is 178 g/mol. The van der Waals surface area contributed by atoms with E-state index >= 15 is 0 Å². The maximum atomic E-state index is 8.68. The molecule has 0 aromatic carbocycles. The van der Waals surface area contributed by atoms with E-state index in [4.69, 9.17) is 9.52 Å². The highest BCUT2D eigenvalue weighted by molar-refractivity contribution is 5.06. The van der Waals surface area contributed by atoms with Gasteiger partial charge < -0.3 is 9.52 Å². The Morgan fingerprint density at radius 2 is 2.21 bits per heavy atom. The molecule has 0 aliphatic heterocycles. The van der Waals surface area contributed by atoms with Crippen LogP contribution in [0, 0.1) is 0 Å². The van der Waals surface area contributed by atoms with Crippen molar-refractivity contribution in [2.45, 2.75) is 44.4 Å². The quantitative estimate of drug-likeness (QED) is 0.801. The van der Waals surface area contributed by atoms with E-state index in [1.54, 1.807) is 6.26 Å². The van der Waals surface area contributed by atoms with Gasteiger partial charge in [0.15, 0.2) is 5.89 Å². The van der Waals surface area contributed by atoms with Gasteiger partial charge in [-0.2, -0.15) is 0 Å². The summed E-state index contributed by atoms with van der Waals surface area (Å²) in [6, 6.07) is 0. The van der Waals surface area contributed by atoms with Crippen LogP contribution in [-0.4, -0.2) is 16.7 Å². The summed E-state index contributed by atoms with van der Waals surface area (Å²) in [4.78, 5) is 4.45. The summed E-state index contributed by atoms with van der Waals surface area (Å²) in [6.45, 7) is 0.209. The van der Waals surface area contributed by atoms with Gasteiger partial charge >= 0.3 is 0 Å². The first-order valence-corrected chi connectivity index (χ1v) is 5.45.